The highest BCUT2D eigenvalue weighted by Gasteiger charge is 2.53. The SMILES string of the molecule is COc1ccc(C2(C(=O)N3CCC(c4nc(C)cc(C)n4)C3)CC2)cc1. The number of aromatic nitrogens is 2. The summed E-state index contributed by atoms with van der Waals surface area (Å²) in [4.78, 5) is 24.5. The molecule has 1 aliphatic heterocycles. The molecule has 26 heavy (non-hydrogen) atoms. The second kappa shape index (κ2) is 6.38. The molecule has 0 radical (unpaired) electrons. The first-order chi connectivity index (χ1) is 12.5. The van der Waals surface area contributed by atoms with Crippen molar-refractivity contribution in [2.24, 2.45) is 0 Å². The van der Waals surface area contributed by atoms with Gasteiger partial charge in [-0.2, -0.15) is 0 Å². The predicted molar refractivity (Wildman–Crippen MR) is 99.4 cm³/mol. The zero-order valence-corrected chi connectivity index (χ0v) is 15.7. The van der Waals surface area contributed by atoms with Crippen molar-refractivity contribution in [1.82, 2.24) is 14.9 Å². The third kappa shape index (κ3) is 2.96. The van der Waals surface area contributed by atoms with Crippen LogP contribution in [0, 0.1) is 13.8 Å². The number of ether oxygens (including phenoxy) is 1. The first-order valence-electron chi connectivity index (χ1n) is 9.28. The molecule has 1 saturated carbocycles. The van der Waals surface area contributed by atoms with Crippen LogP contribution < -0.4 is 4.74 Å². The van der Waals surface area contributed by atoms with E-state index >= 15 is 0 Å². The third-order valence-electron chi connectivity index (χ3n) is 5.64. The highest BCUT2D eigenvalue weighted by molar-refractivity contribution is 5.91. The Kier molecular flexibility index (Phi) is 4.17. The van der Waals surface area contributed by atoms with Crippen molar-refractivity contribution in [2.75, 3.05) is 20.2 Å². The van der Waals surface area contributed by atoms with E-state index in [0.717, 1.165) is 60.9 Å². The number of carbonyl (C=O) groups is 1. The number of carbonyl (C=O) groups excluding carboxylic acids is 1. The lowest BCUT2D eigenvalue weighted by molar-refractivity contribution is -0.132. The van der Waals surface area contributed by atoms with Gasteiger partial charge in [-0.05, 0) is 56.9 Å². The fourth-order valence-corrected chi connectivity index (χ4v) is 4.06. The van der Waals surface area contributed by atoms with E-state index in [1.165, 1.54) is 0 Å². The minimum atomic E-state index is -0.329. The number of rotatable bonds is 4. The molecule has 1 aromatic heterocycles. The van der Waals surface area contributed by atoms with Crippen LogP contribution in [-0.4, -0.2) is 41.0 Å². The van der Waals surface area contributed by atoms with Crippen molar-refractivity contribution in [3.05, 3.63) is 53.1 Å². The topological polar surface area (TPSA) is 55.3 Å². The first kappa shape index (κ1) is 17.0. The van der Waals surface area contributed by atoms with Crippen molar-refractivity contribution in [2.45, 2.75) is 44.4 Å². The smallest absolute Gasteiger partial charge is 0.233 e. The molecule has 0 N–H and O–H groups in total. The molecule has 1 saturated heterocycles. The molecule has 1 aliphatic carbocycles. The van der Waals surface area contributed by atoms with Crippen molar-refractivity contribution < 1.29 is 9.53 Å². The fourth-order valence-electron chi connectivity index (χ4n) is 4.06. The molecular formula is C21H25N3O2. The van der Waals surface area contributed by atoms with Gasteiger partial charge in [0, 0.05) is 30.4 Å². The number of benzene rings is 1. The standard InChI is InChI=1S/C21H25N3O2/c1-14-12-15(2)23-19(22-14)16-8-11-24(13-16)20(25)21(9-10-21)17-4-6-18(26-3)7-5-17/h4-7,12,16H,8-11,13H2,1-3H3. The molecule has 2 aliphatic rings. The highest BCUT2D eigenvalue weighted by atomic mass is 16.5. The van der Waals surface area contributed by atoms with Gasteiger partial charge in [-0.15, -0.1) is 0 Å². The minimum Gasteiger partial charge on any atom is -0.497 e. The van der Waals surface area contributed by atoms with Crippen LogP contribution in [0.1, 0.15) is 48.0 Å². The lowest BCUT2D eigenvalue weighted by Crippen LogP contribution is -2.37. The maximum Gasteiger partial charge on any atom is 0.233 e. The summed E-state index contributed by atoms with van der Waals surface area (Å²) in [6, 6.07) is 9.94. The molecule has 0 spiro atoms. The average molecular weight is 351 g/mol. The summed E-state index contributed by atoms with van der Waals surface area (Å²) in [7, 11) is 1.66. The highest BCUT2D eigenvalue weighted by Crippen LogP contribution is 2.50. The van der Waals surface area contributed by atoms with Gasteiger partial charge >= 0.3 is 0 Å². The van der Waals surface area contributed by atoms with E-state index in [0.29, 0.717) is 0 Å². The van der Waals surface area contributed by atoms with Gasteiger partial charge in [-0.1, -0.05) is 12.1 Å². The van der Waals surface area contributed by atoms with Crippen LogP contribution >= 0.6 is 0 Å². The molecular weight excluding hydrogens is 326 g/mol. The van der Waals surface area contributed by atoms with Gasteiger partial charge in [0.1, 0.15) is 11.6 Å². The van der Waals surface area contributed by atoms with Crippen molar-refractivity contribution in [3.63, 3.8) is 0 Å². The lowest BCUT2D eigenvalue weighted by atomic mass is 9.94. The molecule has 1 atom stereocenters. The number of hydrogen-bond donors (Lipinski definition) is 0. The first-order valence-corrected chi connectivity index (χ1v) is 9.28. The molecule has 2 heterocycles. The Morgan fingerprint density at radius 2 is 1.81 bits per heavy atom. The number of nitrogens with zero attached hydrogens (tertiary/aromatic N) is 3. The molecule has 2 fully saturated rings. The molecule has 1 aromatic carbocycles. The Morgan fingerprint density at radius 3 is 2.38 bits per heavy atom. The maximum absolute atomic E-state index is 13.2. The number of aryl methyl sites for hydroxylation is 2. The second-order valence-electron chi connectivity index (χ2n) is 7.56. The summed E-state index contributed by atoms with van der Waals surface area (Å²) in [6.45, 7) is 5.51. The van der Waals surface area contributed by atoms with Gasteiger partial charge in [0.2, 0.25) is 5.91 Å². The third-order valence-corrected chi connectivity index (χ3v) is 5.64. The monoisotopic (exact) mass is 351 g/mol. The number of methoxy groups -OCH3 is 1. The lowest BCUT2D eigenvalue weighted by Gasteiger charge is -2.23. The van der Waals surface area contributed by atoms with Crippen LogP contribution in [0.5, 0.6) is 5.75 Å². The van der Waals surface area contributed by atoms with Crippen molar-refractivity contribution >= 4 is 5.91 Å². The Balaban J connectivity index is 1.50. The summed E-state index contributed by atoms with van der Waals surface area (Å²) in [5.41, 5.74) is 2.77. The van der Waals surface area contributed by atoms with Crippen LogP contribution in [0.25, 0.3) is 0 Å². The molecule has 1 amide bonds. The summed E-state index contributed by atoms with van der Waals surface area (Å²) in [5, 5.41) is 0. The van der Waals surface area contributed by atoms with Gasteiger partial charge in [0.15, 0.2) is 0 Å². The summed E-state index contributed by atoms with van der Waals surface area (Å²) in [6.07, 6.45) is 2.80. The fraction of sp³-hybridized carbons (Fsp3) is 0.476. The maximum atomic E-state index is 13.2. The molecule has 0 bridgehead atoms. The van der Waals surface area contributed by atoms with Gasteiger partial charge in [0.05, 0.1) is 12.5 Å². The van der Waals surface area contributed by atoms with E-state index < -0.39 is 0 Å². The molecule has 4 rings (SSSR count). The van der Waals surface area contributed by atoms with Crippen LogP contribution in [0.3, 0.4) is 0 Å². The Hall–Kier alpha value is -2.43. The van der Waals surface area contributed by atoms with E-state index in [1.807, 2.05) is 49.1 Å². The Morgan fingerprint density at radius 1 is 1.15 bits per heavy atom. The molecule has 136 valence electrons. The van der Waals surface area contributed by atoms with E-state index in [4.69, 9.17) is 4.74 Å². The summed E-state index contributed by atoms with van der Waals surface area (Å²) < 4.78 is 5.24. The zero-order valence-electron chi connectivity index (χ0n) is 15.7. The molecule has 5 heteroatoms. The van der Waals surface area contributed by atoms with Gasteiger partial charge < -0.3 is 9.64 Å². The van der Waals surface area contributed by atoms with Crippen LogP contribution in [0.4, 0.5) is 0 Å². The predicted octanol–water partition coefficient (Wildman–Crippen LogP) is 3.15. The van der Waals surface area contributed by atoms with E-state index in [2.05, 4.69) is 9.97 Å². The van der Waals surface area contributed by atoms with Gasteiger partial charge in [-0.3, -0.25) is 4.79 Å². The molecule has 1 unspecified atom stereocenters. The average Bonchev–Trinajstić information content (AvgIpc) is 3.30. The van der Waals surface area contributed by atoms with Gasteiger partial charge in [0.25, 0.3) is 0 Å². The molecule has 2 aromatic rings. The normalized spacial score (nSPS) is 20.9. The Labute approximate surface area is 154 Å². The minimum absolute atomic E-state index is 0.240. The van der Waals surface area contributed by atoms with Crippen LogP contribution in [-0.2, 0) is 10.2 Å². The number of likely N-dealkylation sites (tertiary alicyclic amines) is 1. The number of hydrogen-bond acceptors (Lipinski definition) is 4. The summed E-state index contributed by atoms with van der Waals surface area (Å²) in [5.74, 6) is 2.20. The van der Waals surface area contributed by atoms with Gasteiger partial charge in [-0.25, -0.2) is 9.97 Å². The van der Waals surface area contributed by atoms with E-state index in [-0.39, 0.29) is 17.2 Å². The second-order valence-corrected chi connectivity index (χ2v) is 7.56. The van der Waals surface area contributed by atoms with Crippen molar-refractivity contribution in [1.29, 1.82) is 0 Å². The van der Waals surface area contributed by atoms with E-state index in [9.17, 15) is 4.79 Å². The quantitative estimate of drug-likeness (QED) is 0.849. The molecule has 5 nitrogen and oxygen atoms in total. The largest absolute Gasteiger partial charge is 0.497 e. The Bertz CT molecular complexity index is 807. The number of amides is 1. The van der Waals surface area contributed by atoms with Crippen molar-refractivity contribution in [3.8, 4) is 5.75 Å². The van der Waals surface area contributed by atoms with Crippen LogP contribution in [0.2, 0.25) is 0 Å². The van der Waals surface area contributed by atoms with E-state index in [1.54, 1.807) is 7.11 Å². The van der Waals surface area contributed by atoms with Crippen LogP contribution in [0.15, 0.2) is 30.3 Å². The summed E-state index contributed by atoms with van der Waals surface area (Å²) >= 11 is 0. The zero-order chi connectivity index (χ0) is 18.3.